The fraction of sp³-hybridized carbons (Fsp3) is 0.667. The van der Waals surface area contributed by atoms with Gasteiger partial charge in [0.05, 0.1) is 6.42 Å². The van der Waals surface area contributed by atoms with E-state index in [-0.39, 0.29) is 17.9 Å². The van der Waals surface area contributed by atoms with Gasteiger partial charge in [0.15, 0.2) is 0 Å². The smallest absolute Gasteiger partial charge is 0.331 e. The van der Waals surface area contributed by atoms with Gasteiger partial charge in [-0.1, -0.05) is 31.8 Å². The molecule has 1 aliphatic carbocycles. The van der Waals surface area contributed by atoms with E-state index in [1.165, 1.54) is 12.8 Å². The van der Waals surface area contributed by atoms with Gasteiger partial charge in [-0.3, -0.25) is 4.79 Å². The van der Waals surface area contributed by atoms with Gasteiger partial charge in [0.25, 0.3) is 0 Å². The summed E-state index contributed by atoms with van der Waals surface area (Å²) in [5.74, 6) is -1.94. The maximum Gasteiger partial charge on any atom is 0.331 e. The first-order chi connectivity index (χ1) is 7.59. The second-order valence-electron chi connectivity index (χ2n) is 4.32. The molecule has 0 radical (unpaired) electrons. The Labute approximate surface area is 95.0 Å². The number of hydrogen-bond donors (Lipinski definition) is 2. The predicted octanol–water partition coefficient (Wildman–Crippen LogP) is 2.44. The molecule has 0 bridgehead atoms. The van der Waals surface area contributed by atoms with Crippen LogP contribution in [0, 0.1) is 5.92 Å². The Morgan fingerprint density at radius 1 is 1.06 bits per heavy atom. The van der Waals surface area contributed by atoms with E-state index in [0.29, 0.717) is 0 Å². The van der Waals surface area contributed by atoms with Crippen molar-refractivity contribution in [1.82, 2.24) is 0 Å². The van der Waals surface area contributed by atoms with Gasteiger partial charge in [-0.05, 0) is 18.8 Å². The summed E-state index contributed by atoms with van der Waals surface area (Å²) in [5, 5.41) is 17.5. The summed E-state index contributed by atoms with van der Waals surface area (Å²) in [5.41, 5.74) is 0.0272. The van der Waals surface area contributed by atoms with Crippen LogP contribution >= 0.6 is 0 Å². The molecule has 0 aromatic heterocycles. The predicted molar refractivity (Wildman–Crippen MR) is 59.2 cm³/mol. The molecule has 90 valence electrons. The fourth-order valence-corrected chi connectivity index (χ4v) is 2.13. The molecule has 0 aliphatic heterocycles. The van der Waals surface area contributed by atoms with Crippen LogP contribution in [-0.4, -0.2) is 22.2 Å². The molecule has 0 aromatic rings. The Kier molecular flexibility index (Phi) is 5.02. The molecule has 1 rings (SSSR count). The van der Waals surface area contributed by atoms with Crippen LogP contribution in [0.15, 0.2) is 11.6 Å². The zero-order chi connectivity index (χ0) is 12.0. The van der Waals surface area contributed by atoms with Gasteiger partial charge < -0.3 is 10.2 Å². The molecule has 0 saturated heterocycles. The molecule has 0 aromatic carbocycles. The first kappa shape index (κ1) is 12.7. The molecule has 4 nitrogen and oxygen atoms in total. The van der Waals surface area contributed by atoms with E-state index in [4.69, 9.17) is 10.2 Å². The zero-order valence-electron chi connectivity index (χ0n) is 9.32. The highest BCUT2D eigenvalue weighted by Crippen LogP contribution is 2.25. The van der Waals surface area contributed by atoms with Crippen molar-refractivity contribution in [2.24, 2.45) is 5.92 Å². The van der Waals surface area contributed by atoms with Crippen molar-refractivity contribution in [1.29, 1.82) is 0 Å². The third-order valence-corrected chi connectivity index (χ3v) is 2.95. The number of rotatable bonds is 4. The number of aliphatic carboxylic acids is 2. The number of hydrogen-bond acceptors (Lipinski definition) is 2. The molecule has 0 atom stereocenters. The van der Waals surface area contributed by atoms with Gasteiger partial charge in [0, 0.05) is 5.57 Å². The van der Waals surface area contributed by atoms with Crippen molar-refractivity contribution in [3.63, 3.8) is 0 Å². The molecule has 1 saturated carbocycles. The number of carbonyl (C=O) groups is 2. The van der Waals surface area contributed by atoms with Crippen LogP contribution < -0.4 is 0 Å². The molecule has 2 N–H and O–H groups in total. The van der Waals surface area contributed by atoms with Gasteiger partial charge in [0.1, 0.15) is 0 Å². The minimum absolute atomic E-state index is 0.0272. The Balaban J connectivity index is 2.66. The summed E-state index contributed by atoms with van der Waals surface area (Å²) in [6.45, 7) is 0. The normalized spacial score (nSPS) is 19.1. The molecule has 16 heavy (non-hydrogen) atoms. The molecule has 1 aliphatic rings. The molecule has 1 fully saturated rings. The SMILES string of the molecule is O=C(O)CC(=CC1CCCCCC1)C(=O)O. The first-order valence-corrected chi connectivity index (χ1v) is 5.75. The molecular formula is C12H18O4. The van der Waals surface area contributed by atoms with Crippen molar-refractivity contribution >= 4 is 11.9 Å². The second kappa shape index (κ2) is 6.30. The van der Waals surface area contributed by atoms with Crippen LogP contribution in [0.4, 0.5) is 0 Å². The van der Waals surface area contributed by atoms with E-state index in [1.807, 2.05) is 0 Å². The summed E-state index contributed by atoms with van der Waals surface area (Å²) >= 11 is 0. The van der Waals surface area contributed by atoms with E-state index in [2.05, 4.69) is 0 Å². The fourth-order valence-electron chi connectivity index (χ4n) is 2.13. The van der Waals surface area contributed by atoms with E-state index in [9.17, 15) is 9.59 Å². The van der Waals surface area contributed by atoms with Gasteiger partial charge in [-0.25, -0.2) is 4.79 Å². The highest BCUT2D eigenvalue weighted by atomic mass is 16.4. The number of carboxylic acids is 2. The summed E-state index contributed by atoms with van der Waals surface area (Å²) in [6.07, 6.45) is 7.86. The van der Waals surface area contributed by atoms with Crippen molar-refractivity contribution in [2.75, 3.05) is 0 Å². The van der Waals surface area contributed by atoms with E-state index >= 15 is 0 Å². The molecule has 4 heteroatoms. The molecule has 0 amide bonds. The Bertz CT molecular complexity index is 285. The molecule has 0 unspecified atom stereocenters. The second-order valence-corrected chi connectivity index (χ2v) is 4.32. The Hall–Kier alpha value is -1.32. The Morgan fingerprint density at radius 2 is 1.62 bits per heavy atom. The van der Waals surface area contributed by atoms with Crippen LogP contribution in [0.1, 0.15) is 44.9 Å². The summed E-state index contributed by atoms with van der Waals surface area (Å²) in [7, 11) is 0. The lowest BCUT2D eigenvalue weighted by atomic mass is 9.96. The Morgan fingerprint density at radius 3 is 2.06 bits per heavy atom. The van der Waals surface area contributed by atoms with E-state index in [1.54, 1.807) is 6.08 Å². The van der Waals surface area contributed by atoms with Crippen LogP contribution in [0.25, 0.3) is 0 Å². The van der Waals surface area contributed by atoms with Crippen molar-refractivity contribution in [3.8, 4) is 0 Å². The summed E-state index contributed by atoms with van der Waals surface area (Å²) < 4.78 is 0. The highest BCUT2D eigenvalue weighted by molar-refractivity contribution is 5.92. The van der Waals surface area contributed by atoms with Gasteiger partial charge in [-0.2, -0.15) is 0 Å². The lowest BCUT2D eigenvalue weighted by Gasteiger charge is -2.09. The van der Waals surface area contributed by atoms with Gasteiger partial charge >= 0.3 is 11.9 Å². The van der Waals surface area contributed by atoms with Crippen LogP contribution in [0.5, 0.6) is 0 Å². The number of carboxylic acid groups (broad SMARTS) is 2. The van der Waals surface area contributed by atoms with E-state index in [0.717, 1.165) is 25.7 Å². The number of allylic oxidation sites excluding steroid dienone is 1. The van der Waals surface area contributed by atoms with Crippen molar-refractivity contribution in [2.45, 2.75) is 44.9 Å². The van der Waals surface area contributed by atoms with Crippen molar-refractivity contribution in [3.05, 3.63) is 11.6 Å². The van der Waals surface area contributed by atoms with Crippen LogP contribution in [-0.2, 0) is 9.59 Å². The lowest BCUT2D eigenvalue weighted by molar-refractivity contribution is -0.139. The van der Waals surface area contributed by atoms with Crippen molar-refractivity contribution < 1.29 is 19.8 Å². The topological polar surface area (TPSA) is 74.6 Å². The highest BCUT2D eigenvalue weighted by Gasteiger charge is 2.16. The zero-order valence-corrected chi connectivity index (χ0v) is 9.32. The molecule has 0 heterocycles. The maximum atomic E-state index is 10.9. The average Bonchev–Trinajstić information content (AvgIpc) is 2.44. The minimum Gasteiger partial charge on any atom is -0.481 e. The molecule has 0 spiro atoms. The molecular weight excluding hydrogens is 208 g/mol. The maximum absolute atomic E-state index is 10.9. The average molecular weight is 226 g/mol. The third kappa shape index (κ3) is 4.47. The third-order valence-electron chi connectivity index (χ3n) is 2.95. The summed E-state index contributed by atoms with van der Waals surface area (Å²) in [4.78, 5) is 21.4. The monoisotopic (exact) mass is 226 g/mol. The van der Waals surface area contributed by atoms with Crippen LogP contribution in [0.3, 0.4) is 0 Å². The standard InChI is InChI=1S/C12H18O4/c13-11(14)8-10(12(15)16)7-9-5-3-1-2-4-6-9/h7,9H,1-6,8H2,(H,13,14)(H,15,16). The largest absolute Gasteiger partial charge is 0.481 e. The first-order valence-electron chi connectivity index (χ1n) is 5.75. The summed E-state index contributed by atoms with van der Waals surface area (Å²) in [6, 6.07) is 0. The van der Waals surface area contributed by atoms with Gasteiger partial charge in [-0.15, -0.1) is 0 Å². The minimum atomic E-state index is -1.10. The quantitative estimate of drug-likeness (QED) is 0.570. The lowest BCUT2D eigenvalue weighted by Crippen LogP contribution is -2.09. The van der Waals surface area contributed by atoms with Gasteiger partial charge in [0.2, 0.25) is 0 Å². The van der Waals surface area contributed by atoms with E-state index < -0.39 is 11.9 Å². The van der Waals surface area contributed by atoms with Crippen LogP contribution in [0.2, 0.25) is 0 Å².